The van der Waals surface area contributed by atoms with E-state index in [2.05, 4.69) is 0 Å². The van der Waals surface area contributed by atoms with Gasteiger partial charge in [-0.2, -0.15) is 0 Å². The molecule has 1 aromatic rings. The molecule has 0 fully saturated rings. The molecule has 0 aliphatic rings. The van der Waals surface area contributed by atoms with Gasteiger partial charge >= 0.3 is 5.97 Å². The number of aromatic hydroxyl groups is 1. The Kier molecular flexibility index (Phi) is 4.81. The minimum absolute atomic E-state index is 0.111. The lowest BCUT2D eigenvalue weighted by atomic mass is 10.0. The van der Waals surface area contributed by atoms with Crippen molar-refractivity contribution >= 4 is 15.7 Å². The summed E-state index contributed by atoms with van der Waals surface area (Å²) < 4.78 is 19.5. The number of carbonyl (C=O) groups is 1. The highest BCUT2D eigenvalue weighted by atomic mass is 32.2. The average Bonchev–Trinajstić information content (AvgIpc) is 2.29. The predicted octanol–water partition coefficient (Wildman–Crippen LogP) is 2.48. The molecule has 0 radical (unpaired) electrons. The molecule has 0 heterocycles. The molecule has 1 aromatic carbocycles. The summed E-state index contributed by atoms with van der Waals surface area (Å²) in [6.07, 6.45) is 0.196. The van der Waals surface area contributed by atoms with Crippen molar-refractivity contribution in [3.8, 4) is 5.75 Å². The van der Waals surface area contributed by atoms with Gasteiger partial charge in [0.15, 0.2) is 0 Å². The second kappa shape index (κ2) is 5.83. The zero-order chi connectivity index (χ0) is 15.6. The van der Waals surface area contributed by atoms with Crippen molar-refractivity contribution in [2.75, 3.05) is 5.75 Å². The molecular weight excluding hydrogens is 278 g/mol. The molecule has 112 valence electrons. The van der Waals surface area contributed by atoms with E-state index in [-0.39, 0.29) is 17.9 Å². The molecule has 2 unspecified atom stereocenters. The quantitative estimate of drug-likeness (QED) is 0.777. The number of hydrogen-bond acceptors (Lipinski definition) is 4. The smallest absolute Gasteiger partial charge is 0.307 e. The van der Waals surface area contributed by atoms with Gasteiger partial charge in [0.1, 0.15) is 5.75 Å². The van der Waals surface area contributed by atoms with Crippen LogP contribution >= 0.6 is 0 Å². The minimum atomic E-state index is -3.00. The first kappa shape index (κ1) is 16.5. The number of aliphatic carboxylic acids is 1. The van der Waals surface area contributed by atoms with E-state index < -0.39 is 26.4 Å². The molecule has 0 aromatic heterocycles. The molecule has 20 heavy (non-hydrogen) atoms. The number of phenolic OH excluding ortho intramolecular Hbond substituents is 1. The third-order valence-electron chi connectivity index (χ3n) is 3.19. The summed E-state index contributed by atoms with van der Waals surface area (Å²) in [4.78, 5) is 11.3. The first-order valence-corrected chi connectivity index (χ1v) is 8.02. The molecule has 0 spiro atoms. The van der Waals surface area contributed by atoms with Crippen LogP contribution in [-0.4, -0.2) is 30.9 Å². The number of benzene rings is 1. The van der Waals surface area contributed by atoms with Crippen LogP contribution in [0.15, 0.2) is 24.3 Å². The fourth-order valence-electron chi connectivity index (χ4n) is 1.67. The summed E-state index contributed by atoms with van der Waals surface area (Å²) in [6, 6.07) is 6.23. The third-order valence-corrected chi connectivity index (χ3v) is 6.04. The van der Waals surface area contributed by atoms with Gasteiger partial charge in [-0.25, -0.2) is 4.21 Å². The fraction of sp³-hybridized carbons (Fsp3) is 0.500. The van der Waals surface area contributed by atoms with Crippen molar-refractivity contribution in [1.82, 2.24) is 0 Å². The monoisotopic (exact) mass is 299 g/mol. The zero-order valence-electron chi connectivity index (χ0n) is 11.9. The minimum Gasteiger partial charge on any atom is -0.508 e. The van der Waals surface area contributed by atoms with E-state index in [1.807, 2.05) is 0 Å². The van der Waals surface area contributed by atoms with E-state index in [1.54, 1.807) is 32.9 Å². The van der Waals surface area contributed by atoms with Gasteiger partial charge in [-0.3, -0.25) is 9.57 Å². The first-order chi connectivity index (χ1) is 9.03. The van der Waals surface area contributed by atoms with E-state index in [9.17, 15) is 19.2 Å². The van der Waals surface area contributed by atoms with Gasteiger partial charge in [-0.1, -0.05) is 12.1 Å². The zero-order valence-corrected chi connectivity index (χ0v) is 12.7. The number of nitrogens with one attached hydrogen (secondary N) is 1. The van der Waals surface area contributed by atoms with Crippen LogP contribution in [-0.2, 0) is 20.9 Å². The van der Waals surface area contributed by atoms with E-state index in [4.69, 9.17) is 4.78 Å². The first-order valence-electron chi connectivity index (χ1n) is 6.30. The molecule has 0 amide bonds. The van der Waals surface area contributed by atoms with Crippen LogP contribution in [0.5, 0.6) is 5.75 Å². The lowest BCUT2D eigenvalue weighted by Crippen LogP contribution is -2.35. The largest absolute Gasteiger partial charge is 0.508 e. The van der Waals surface area contributed by atoms with Crippen LogP contribution in [0.2, 0.25) is 0 Å². The van der Waals surface area contributed by atoms with Gasteiger partial charge in [0.25, 0.3) is 0 Å². The second-order valence-electron chi connectivity index (χ2n) is 5.86. The van der Waals surface area contributed by atoms with Crippen molar-refractivity contribution in [1.29, 1.82) is 4.78 Å². The van der Waals surface area contributed by atoms with Crippen LogP contribution in [0.25, 0.3) is 0 Å². The average molecular weight is 299 g/mol. The lowest BCUT2D eigenvalue weighted by Gasteiger charge is -2.25. The molecular formula is C14H21NO4S. The Morgan fingerprint density at radius 2 is 1.80 bits per heavy atom. The van der Waals surface area contributed by atoms with Crippen molar-refractivity contribution in [2.24, 2.45) is 5.92 Å². The Balaban J connectivity index is 2.92. The summed E-state index contributed by atoms with van der Waals surface area (Å²) in [5.41, 5.74) is 0.735. The molecule has 0 aliphatic heterocycles. The molecule has 0 saturated heterocycles. The van der Waals surface area contributed by atoms with Gasteiger partial charge < -0.3 is 10.2 Å². The van der Waals surface area contributed by atoms with Crippen LogP contribution in [0.3, 0.4) is 0 Å². The molecule has 1 rings (SSSR count). The maximum absolute atomic E-state index is 12.3. The summed E-state index contributed by atoms with van der Waals surface area (Å²) in [7, 11) is -3.00. The van der Waals surface area contributed by atoms with Crippen LogP contribution in [0, 0.1) is 10.7 Å². The lowest BCUT2D eigenvalue weighted by molar-refractivity contribution is -0.140. The topological polar surface area (TPSA) is 98.5 Å². The number of hydrogen-bond donors (Lipinski definition) is 3. The second-order valence-corrected chi connectivity index (χ2v) is 8.77. The normalized spacial score (nSPS) is 16.4. The Hall–Kier alpha value is -1.56. The maximum Gasteiger partial charge on any atom is 0.307 e. The van der Waals surface area contributed by atoms with E-state index in [0.717, 1.165) is 5.56 Å². The van der Waals surface area contributed by atoms with E-state index in [0.29, 0.717) is 0 Å². The van der Waals surface area contributed by atoms with Crippen molar-refractivity contribution in [3.63, 3.8) is 0 Å². The van der Waals surface area contributed by atoms with Crippen molar-refractivity contribution in [3.05, 3.63) is 29.8 Å². The Labute approximate surface area is 119 Å². The summed E-state index contributed by atoms with van der Waals surface area (Å²) in [5.74, 6) is -1.99. The third kappa shape index (κ3) is 4.23. The summed E-state index contributed by atoms with van der Waals surface area (Å²) in [6.45, 7) is 5.05. The maximum atomic E-state index is 12.3. The standard InChI is InChI=1S/C14H21NO4S/c1-14(2,3)20(15,19)9-11(13(17)18)8-10-4-6-12(16)7-5-10/h4-7,11,15-16H,8-9H2,1-3H3,(H,17,18). The SMILES string of the molecule is CC(C)(C)S(=N)(=O)CC(Cc1ccc(O)cc1)C(=O)O. The number of carboxylic acids is 1. The molecule has 3 N–H and O–H groups in total. The van der Waals surface area contributed by atoms with Gasteiger partial charge in [0.05, 0.1) is 5.92 Å². The Morgan fingerprint density at radius 1 is 1.30 bits per heavy atom. The number of carboxylic acid groups (broad SMARTS) is 1. The molecule has 2 atom stereocenters. The van der Waals surface area contributed by atoms with Crippen LogP contribution in [0.1, 0.15) is 26.3 Å². The van der Waals surface area contributed by atoms with E-state index >= 15 is 0 Å². The summed E-state index contributed by atoms with van der Waals surface area (Å²) in [5, 5.41) is 18.5. The summed E-state index contributed by atoms with van der Waals surface area (Å²) >= 11 is 0. The highest BCUT2D eigenvalue weighted by molar-refractivity contribution is 7.93. The molecule has 5 nitrogen and oxygen atoms in total. The fourth-order valence-corrected chi connectivity index (χ4v) is 2.99. The Morgan fingerprint density at radius 3 is 2.20 bits per heavy atom. The van der Waals surface area contributed by atoms with E-state index in [1.165, 1.54) is 12.1 Å². The Bertz CT molecular complexity index is 570. The van der Waals surface area contributed by atoms with Crippen molar-refractivity contribution < 1.29 is 19.2 Å². The molecule has 0 saturated carbocycles. The molecule has 6 heteroatoms. The van der Waals surface area contributed by atoms with Gasteiger partial charge in [0.2, 0.25) is 0 Å². The van der Waals surface area contributed by atoms with Gasteiger partial charge in [-0.05, 0) is 44.9 Å². The highest BCUT2D eigenvalue weighted by Gasteiger charge is 2.31. The van der Waals surface area contributed by atoms with Crippen LogP contribution < -0.4 is 0 Å². The predicted molar refractivity (Wildman–Crippen MR) is 78.4 cm³/mol. The van der Waals surface area contributed by atoms with Crippen LogP contribution in [0.4, 0.5) is 0 Å². The molecule has 0 bridgehead atoms. The molecule has 0 aliphatic carbocycles. The number of phenols is 1. The number of rotatable bonds is 5. The van der Waals surface area contributed by atoms with Crippen molar-refractivity contribution in [2.45, 2.75) is 31.9 Å². The highest BCUT2D eigenvalue weighted by Crippen LogP contribution is 2.22. The van der Waals surface area contributed by atoms with Gasteiger partial charge in [-0.15, -0.1) is 0 Å². The van der Waals surface area contributed by atoms with Gasteiger partial charge in [0, 0.05) is 20.2 Å².